The maximum atomic E-state index is 13.5. The Hall–Kier alpha value is -4.37. The Balaban J connectivity index is 1.76. The molecule has 8 nitrogen and oxygen atoms in total. The van der Waals surface area contributed by atoms with Crippen LogP contribution in [0.4, 0.5) is 10.8 Å². The van der Waals surface area contributed by atoms with Gasteiger partial charge in [-0.15, -0.1) is 0 Å². The molecule has 1 aliphatic rings. The standard InChI is InChI=1S/C28H23N3O5S/c1-14-5-6-16(3)20(12-14)25(32)22-24(18-7-9-19(10-8-18)31(35)36)30(27(34)26(22)33)28-29-23-17(4)11-15(2)13-21(23)37-28/h5-13,24,32H,1-4H3. The Morgan fingerprint density at radius 1 is 0.973 bits per heavy atom. The molecule has 2 heterocycles. The number of carbonyl (C=O) groups is 2. The molecule has 1 atom stereocenters. The molecule has 1 N–H and O–H groups in total. The lowest BCUT2D eigenvalue weighted by Gasteiger charge is -2.23. The minimum absolute atomic E-state index is 0.0836. The van der Waals surface area contributed by atoms with Crippen LogP contribution >= 0.6 is 11.3 Å². The molecule has 1 unspecified atom stereocenters. The fourth-order valence-corrected chi connectivity index (χ4v) is 5.89. The summed E-state index contributed by atoms with van der Waals surface area (Å²) >= 11 is 1.28. The van der Waals surface area contributed by atoms with E-state index < -0.39 is 22.7 Å². The number of amides is 1. The lowest BCUT2D eigenvalue weighted by molar-refractivity contribution is -0.384. The predicted octanol–water partition coefficient (Wildman–Crippen LogP) is 6.06. The summed E-state index contributed by atoms with van der Waals surface area (Å²) in [6.07, 6.45) is 0. The van der Waals surface area contributed by atoms with Gasteiger partial charge in [-0.05, 0) is 74.2 Å². The molecule has 0 bridgehead atoms. The maximum Gasteiger partial charge on any atom is 0.301 e. The monoisotopic (exact) mass is 513 g/mol. The van der Waals surface area contributed by atoms with E-state index >= 15 is 0 Å². The van der Waals surface area contributed by atoms with Gasteiger partial charge in [0.15, 0.2) is 5.13 Å². The summed E-state index contributed by atoms with van der Waals surface area (Å²) in [5.41, 5.74) is 5.02. The summed E-state index contributed by atoms with van der Waals surface area (Å²) in [5.74, 6) is -1.95. The van der Waals surface area contributed by atoms with Crippen LogP contribution in [0, 0.1) is 37.8 Å². The van der Waals surface area contributed by atoms with Gasteiger partial charge in [-0.1, -0.05) is 35.1 Å². The first-order chi connectivity index (χ1) is 17.6. The average molecular weight is 514 g/mol. The number of hydrogen-bond acceptors (Lipinski definition) is 7. The van der Waals surface area contributed by atoms with E-state index in [4.69, 9.17) is 4.98 Å². The largest absolute Gasteiger partial charge is 0.507 e. The van der Waals surface area contributed by atoms with E-state index in [9.17, 15) is 24.8 Å². The van der Waals surface area contributed by atoms with Crippen LogP contribution in [0.2, 0.25) is 0 Å². The van der Waals surface area contributed by atoms with Crippen LogP contribution in [0.15, 0.2) is 60.2 Å². The molecule has 0 spiro atoms. The highest BCUT2D eigenvalue weighted by atomic mass is 32.1. The Labute approximate surface area is 216 Å². The molecule has 1 aromatic heterocycles. The summed E-state index contributed by atoms with van der Waals surface area (Å²) < 4.78 is 0.867. The van der Waals surface area contributed by atoms with Crippen LogP contribution in [0.25, 0.3) is 16.0 Å². The van der Waals surface area contributed by atoms with Gasteiger partial charge in [-0.3, -0.25) is 24.6 Å². The fourth-order valence-electron chi connectivity index (χ4n) is 4.72. The Morgan fingerprint density at radius 3 is 2.35 bits per heavy atom. The second-order valence-corrected chi connectivity index (χ2v) is 10.3. The van der Waals surface area contributed by atoms with Crippen molar-refractivity contribution in [1.29, 1.82) is 0 Å². The molecular formula is C28H23N3O5S. The number of nitro groups is 1. The zero-order valence-electron chi connectivity index (χ0n) is 20.6. The molecule has 37 heavy (non-hydrogen) atoms. The van der Waals surface area contributed by atoms with Crippen LogP contribution in [-0.2, 0) is 9.59 Å². The van der Waals surface area contributed by atoms with Gasteiger partial charge in [-0.2, -0.15) is 0 Å². The number of thiazole rings is 1. The van der Waals surface area contributed by atoms with E-state index in [1.54, 1.807) is 6.07 Å². The normalized spacial score (nSPS) is 17.1. The topological polar surface area (TPSA) is 114 Å². The molecular weight excluding hydrogens is 490 g/mol. The molecule has 9 heteroatoms. The number of aryl methyl sites for hydroxylation is 4. The molecule has 1 aliphatic heterocycles. The van der Waals surface area contributed by atoms with Gasteiger partial charge >= 0.3 is 5.91 Å². The summed E-state index contributed by atoms with van der Waals surface area (Å²) in [7, 11) is 0. The van der Waals surface area contributed by atoms with Crippen molar-refractivity contribution in [3.8, 4) is 0 Å². The highest BCUT2D eigenvalue weighted by molar-refractivity contribution is 7.22. The molecule has 0 saturated carbocycles. The lowest BCUT2D eigenvalue weighted by Crippen LogP contribution is -2.29. The van der Waals surface area contributed by atoms with E-state index in [0.29, 0.717) is 16.3 Å². The molecule has 186 valence electrons. The number of anilines is 1. The molecule has 3 aromatic carbocycles. The van der Waals surface area contributed by atoms with Gasteiger partial charge < -0.3 is 5.11 Å². The first kappa shape index (κ1) is 24.3. The Kier molecular flexibility index (Phi) is 5.88. The van der Waals surface area contributed by atoms with E-state index in [0.717, 1.165) is 32.5 Å². The number of ketones is 1. The summed E-state index contributed by atoms with van der Waals surface area (Å²) in [5, 5.41) is 23.0. The van der Waals surface area contributed by atoms with Crippen molar-refractivity contribution in [2.75, 3.05) is 4.90 Å². The van der Waals surface area contributed by atoms with Crippen molar-refractivity contribution in [3.05, 3.63) is 104 Å². The third-order valence-corrected chi connectivity index (χ3v) is 7.54. The van der Waals surface area contributed by atoms with Gasteiger partial charge in [0.05, 0.1) is 26.8 Å². The zero-order chi connectivity index (χ0) is 26.6. The number of benzene rings is 3. The Morgan fingerprint density at radius 2 is 1.68 bits per heavy atom. The SMILES string of the molecule is Cc1ccc(C)c(C(O)=C2C(=O)C(=O)N(c3nc4c(C)cc(C)cc4s3)C2c2ccc([N+](=O)[O-])cc2)c1. The van der Waals surface area contributed by atoms with Crippen LogP contribution in [-0.4, -0.2) is 26.7 Å². The molecule has 4 aromatic rings. The number of hydrogen-bond donors (Lipinski definition) is 1. The number of Topliss-reactive ketones (excluding diaryl/α,β-unsaturated/α-hetero) is 1. The smallest absolute Gasteiger partial charge is 0.301 e. The minimum atomic E-state index is -1.01. The van der Waals surface area contributed by atoms with Gasteiger partial charge in [0.25, 0.3) is 11.5 Å². The third kappa shape index (κ3) is 4.07. The highest BCUT2D eigenvalue weighted by Gasteiger charge is 2.48. The minimum Gasteiger partial charge on any atom is -0.507 e. The maximum absolute atomic E-state index is 13.5. The van der Waals surface area contributed by atoms with Gasteiger partial charge in [-0.25, -0.2) is 4.98 Å². The number of rotatable bonds is 4. The molecule has 1 saturated heterocycles. The molecule has 1 amide bonds. The van der Waals surface area contributed by atoms with E-state index in [-0.39, 0.29) is 17.0 Å². The average Bonchev–Trinajstić information content (AvgIpc) is 3.39. The number of non-ortho nitro benzene ring substituents is 1. The molecule has 1 fully saturated rings. The molecule has 0 radical (unpaired) electrons. The summed E-state index contributed by atoms with van der Waals surface area (Å²) in [6, 6.07) is 14.1. The first-order valence-electron chi connectivity index (χ1n) is 11.6. The van der Waals surface area contributed by atoms with Crippen LogP contribution < -0.4 is 4.90 Å². The van der Waals surface area contributed by atoms with Crippen LogP contribution in [0.1, 0.15) is 39.4 Å². The van der Waals surface area contributed by atoms with E-state index in [1.807, 2.05) is 52.0 Å². The number of nitro benzene ring substituents is 1. The first-order valence-corrected chi connectivity index (χ1v) is 12.4. The highest BCUT2D eigenvalue weighted by Crippen LogP contribution is 2.45. The number of carbonyl (C=O) groups excluding carboxylic acids is 2. The number of aliphatic hydroxyl groups excluding tert-OH is 1. The zero-order valence-corrected chi connectivity index (χ0v) is 21.4. The number of nitrogens with zero attached hydrogens (tertiary/aromatic N) is 3. The number of fused-ring (bicyclic) bond motifs is 1. The van der Waals surface area contributed by atoms with Crippen LogP contribution in [0.5, 0.6) is 0 Å². The van der Waals surface area contributed by atoms with Gasteiger partial charge in [0.1, 0.15) is 5.76 Å². The molecule has 0 aliphatic carbocycles. The fraction of sp³-hybridized carbons (Fsp3) is 0.179. The van der Waals surface area contributed by atoms with Crippen molar-refractivity contribution >= 4 is 49.8 Å². The second kappa shape index (κ2) is 8.94. The van der Waals surface area contributed by atoms with Crippen molar-refractivity contribution < 1.29 is 19.6 Å². The quantitative estimate of drug-likeness (QED) is 0.117. The van der Waals surface area contributed by atoms with Crippen molar-refractivity contribution in [2.24, 2.45) is 0 Å². The molecule has 5 rings (SSSR count). The van der Waals surface area contributed by atoms with E-state index in [1.165, 1.54) is 40.5 Å². The second-order valence-electron chi connectivity index (χ2n) is 9.26. The summed E-state index contributed by atoms with van der Waals surface area (Å²) in [6.45, 7) is 7.58. The Bertz CT molecular complexity index is 1650. The van der Waals surface area contributed by atoms with Crippen LogP contribution in [0.3, 0.4) is 0 Å². The van der Waals surface area contributed by atoms with Gasteiger partial charge in [0, 0.05) is 17.7 Å². The lowest BCUT2D eigenvalue weighted by atomic mass is 9.93. The number of aromatic nitrogens is 1. The van der Waals surface area contributed by atoms with Crippen molar-refractivity contribution in [1.82, 2.24) is 4.98 Å². The van der Waals surface area contributed by atoms with E-state index in [2.05, 4.69) is 0 Å². The van der Waals surface area contributed by atoms with Crippen molar-refractivity contribution in [3.63, 3.8) is 0 Å². The third-order valence-electron chi connectivity index (χ3n) is 6.54. The van der Waals surface area contributed by atoms with Gasteiger partial charge in [0.2, 0.25) is 0 Å². The summed E-state index contributed by atoms with van der Waals surface area (Å²) in [4.78, 5) is 43.6. The van der Waals surface area contributed by atoms with Crippen molar-refractivity contribution in [2.45, 2.75) is 33.7 Å². The predicted molar refractivity (Wildman–Crippen MR) is 143 cm³/mol. The number of aliphatic hydroxyl groups is 1.